The highest BCUT2D eigenvalue weighted by Gasteiger charge is 2.27. The summed E-state index contributed by atoms with van der Waals surface area (Å²) in [6.07, 6.45) is 5.96. The Kier molecular flexibility index (Phi) is 7.88. The van der Waals surface area contributed by atoms with E-state index >= 15 is 0 Å². The molecule has 0 aliphatic heterocycles. The van der Waals surface area contributed by atoms with Gasteiger partial charge in [0.25, 0.3) is 10.0 Å². The van der Waals surface area contributed by atoms with E-state index in [0.29, 0.717) is 37.6 Å². The minimum Gasteiger partial charge on any atom is -0.494 e. The van der Waals surface area contributed by atoms with Gasteiger partial charge in [0.2, 0.25) is 5.91 Å². The van der Waals surface area contributed by atoms with Crippen molar-refractivity contribution in [3.8, 4) is 5.75 Å². The highest BCUT2D eigenvalue weighted by Crippen LogP contribution is 2.26. The average molecular weight is 457 g/mol. The third kappa shape index (κ3) is 6.10. The zero-order valence-corrected chi connectivity index (χ0v) is 19.1. The van der Waals surface area contributed by atoms with Crippen molar-refractivity contribution in [2.45, 2.75) is 31.7 Å². The van der Waals surface area contributed by atoms with E-state index in [0.717, 1.165) is 9.87 Å². The van der Waals surface area contributed by atoms with Gasteiger partial charge >= 0.3 is 0 Å². The monoisotopic (exact) mass is 456 g/mol. The van der Waals surface area contributed by atoms with Crippen molar-refractivity contribution in [2.24, 2.45) is 0 Å². The number of hydrogen-bond donors (Lipinski definition) is 1. The lowest BCUT2D eigenvalue weighted by atomic mass is 10.2. The summed E-state index contributed by atoms with van der Waals surface area (Å²) < 4.78 is 35.2. The van der Waals surface area contributed by atoms with Gasteiger partial charge in [-0.25, -0.2) is 13.4 Å². The third-order valence-corrected chi connectivity index (χ3v) is 6.59. The van der Waals surface area contributed by atoms with Gasteiger partial charge in [0, 0.05) is 25.5 Å². The van der Waals surface area contributed by atoms with Crippen molar-refractivity contribution >= 4 is 21.6 Å². The number of aromatic nitrogens is 2. The summed E-state index contributed by atoms with van der Waals surface area (Å²) >= 11 is 0. The molecule has 32 heavy (non-hydrogen) atoms. The summed E-state index contributed by atoms with van der Waals surface area (Å²) in [6.45, 7) is 5.09. The minimum atomic E-state index is -3.94. The van der Waals surface area contributed by atoms with Crippen molar-refractivity contribution in [1.82, 2.24) is 14.9 Å². The Morgan fingerprint density at radius 2 is 1.84 bits per heavy atom. The molecule has 0 aliphatic rings. The molecule has 0 aliphatic carbocycles. The van der Waals surface area contributed by atoms with Crippen LogP contribution in [-0.4, -0.2) is 43.6 Å². The molecule has 8 nitrogen and oxygen atoms in total. The number of imidazole rings is 1. The van der Waals surface area contributed by atoms with E-state index in [-0.39, 0.29) is 17.3 Å². The van der Waals surface area contributed by atoms with Crippen LogP contribution in [0.2, 0.25) is 0 Å². The lowest BCUT2D eigenvalue weighted by molar-refractivity contribution is -0.119. The lowest BCUT2D eigenvalue weighted by Crippen LogP contribution is -2.41. The van der Waals surface area contributed by atoms with Crippen LogP contribution >= 0.6 is 0 Å². The molecule has 3 aromatic rings. The molecule has 0 fully saturated rings. The fourth-order valence-electron chi connectivity index (χ4n) is 3.12. The van der Waals surface area contributed by atoms with Crippen LogP contribution in [0.25, 0.3) is 0 Å². The molecule has 170 valence electrons. The molecular weight excluding hydrogens is 428 g/mol. The Balaban J connectivity index is 1.75. The molecule has 1 aromatic heterocycles. The van der Waals surface area contributed by atoms with Gasteiger partial charge in [0.15, 0.2) is 0 Å². The molecule has 0 radical (unpaired) electrons. The van der Waals surface area contributed by atoms with E-state index in [1.807, 2.05) is 24.6 Å². The fraction of sp³-hybridized carbons (Fsp3) is 0.304. The summed E-state index contributed by atoms with van der Waals surface area (Å²) in [5, 5.41) is 2.81. The molecule has 0 saturated heterocycles. The number of anilines is 1. The summed E-state index contributed by atoms with van der Waals surface area (Å²) in [5.74, 6) is 0.257. The number of hydrogen-bond acceptors (Lipinski definition) is 5. The quantitative estimate of drug-likeness (QED) is 0.448. The Hall–Kier alpha value is -3.33. The first-order valence-corrected chi connectivity index (χ1v) is 11.9. The molecule has 2 aromatic carbocycles. The SMILES string of the molecule is CCOc1ccc(N(CC(=O)NCCCn2ccnc2)S(=O)(=O)c2ccc(C)cc2)cc1. The first-order chi connectivity index (χ1) is 15.4. The first kappa shape index (κ1) is 23.3. The second-order valence-electron chi connectivity index (χ2n) is 7.26. The van der Waals surface area contributed by atoms with Gasteiger partial charge < -0.3 is 14.6 Å². The van der Waals surface area contributed by atoms with Crippen molar-refractivity contribution in [2.75, 3.05) is 24.0 Å². The number of rotatable bonds is 11. The highest BCUT2D eigenvalue weighted by atomic mass is 32.2. The zero-order chi connectivity index (χ0) is 23.0. The number of amides is 1. The van der Waals surface area contributed by atoms with E-state index in [4.69, 9.17) is 4.74 Å². The molecular formula is C23H28N4O4S. The molecule has 0 saturated carbocycles. The summed E-state index contributed by atoms with van der Waals surface area (Å²) in [4.78, 5) is 16.7. The molecule has 3 rings (SSSR count). The van der Waals surface area contributed by atoms with Crippen LogP contribution in [0.5, 0.6) is 5.75 Å². The fourth-order valence-corrected chi connectivity index (χ4v) is 4.54. The van der Waals surface area contributed by atoms with Gasteiger partial charge in [-0.05, 0) is 56.7 Å². The van der Waals surface area contributed by atoms with Gasteiger partial charge in [-0.3, -0.25) is 9.10 Å². The molecule has 0 bridgehead atoms. The average Bonchev–Trinajstić information content (AvgIpc) is 3.30. The van der Waals surface area contributed by atoms with Crippen molar-refractivity contribution in [3.63, 3.8) is 0 Å². The van der Waals surface area contributed by atoms with Crippen LogP contribution in [0.4, 0.5) is 5.69 Å². The Morgan fingerprint density at radius 3 is 2.47 bits per heavy atom. The maximum Gasteiger partial charge on any atom is 0.264 e. The number of carbonyl (C=O) groups excluding carboxylic acids is 1. The second-order valence-corrected chi connectivity index (χ2v) is 9.12. The normalized spacial score (nSPS) is 11.2. The lowest BCUT2D eigenvalue weighted by Gasteiger charge is -2.24. The molecule has 1 N–H and O–H groups in total. The largest absolute Gasteiger partial charge is 0.494 e. The van der Waals surface area contributed by atoms with Crippen LogP contribution in [0.15, 0.2) is 72.1 Å². The van der Waals surface area contributed by atoms with Crippen LogP contribution in [0, 0.1) is 6.92 Å². The van der Waals surface area contributed by atoms with Crippen molar-refractivity contribution < 1.29 is 17.9 Å². The summed E-state index contributed by atoms with van der Waals surface area (Å²) in [5.41, 5.74) is 1.34. The smallest absolute Gasteiger partial charge is 0.264 e. The van der Waals surface area contributed by atoms with E-state index in [2.05, 4.69) is 10.3 Å². The maximum atomic E-state index is 13.4. The number of benzene rings is 2. The molecule has 1 heterocycles. The molecule has 1 amide bonds. The predicted molar refractivity (Wildman–Crippen MR) is 123 cm³/mol. The van der Waals surface area contributed by atoms with E-state index in [1.165, 1.54) is 0 Å². The third-order valence-electron chi connectivity index (χ3n) is 4.81. The molecule has 0 spiro atoms. The molecule has 9 heteroatoms. The number of ether oxygens (including phenoxy) is 1. The van der Waals surface area contributed by atoms with E-state index in [1.54, 1.807) is 61.1 Å². The van der Waals surface area contributed by atoms with Gasteiger partial charge in [0.1, 0.15) is 12.3 Å². The highest BCUT2D eigenvalue weighted by molar-refractivity contribution is 7.92. The van der Waals surface area contributed by atoms with E-state index in [9.17, 15) is 13.2 Å². The second kappa shape index (κ2) is 10.8. The molecule has 0 atom stereocenters. The van der Waals surface area contributed by atoms with Crippen LogP contribution in [0.1, 0.15) is 18.9 Å². The number of aryl methyl sites for hydroxylation is 2. The first-order valence-electron chi connectivity index (χ1n) is 10.4. The van der Waals surface area contributed by atoms with Gasteiger partial charge in [-0.1, -0.05) is 17.7 Å². The van der Waals surface area contributed by atoms with Crippen molar-refractivity contribution in [1.29, 1.82) is 0 Å². The van der Waals surface area contributed by atoms with Gasteiger partial charge in [-0.2, -0.15) is 0 Å². The molecule has 0 unspecified atom stereocenters. The minimum absolute atomic E-state index is 0.130. The zero-order valence-electron chi connectivity index (χ0n) is 18.3. The Labute approximate surface area is 188 Å². The standard InChI is InChI=1S/C23H28N4O4S/c1-3-31-21-9-7-20(8-10-21)27(32(29,30)22-11-5-19(2)6-12-22)17-23(28)25-13-4-15-26-16-14-24-18-26/h5-12,14,16,18H,3-4,13,15,17H2,1-2H3,(H,25,28). The van der Waals surface area contributed by atoms with E-state index < -0.39 is 10.0 Å². The maximum absolute atomic E-state index is 13.4. The van der Waals surface area contributed by atoms with Crippen LogP contribution < -0.4 is 14.4 Å². The van der Waals surface area contributed by atoms with Gasteiger partial charge in [-0.15, -0.1) is 0 Å². The summed E-state index contributed by atoms with van der Waals surface area (Å²) in [7, 11) is -3.94. The number of nitrogens with zero attached hydrogens (tertiary/aromatic N) is 3. The van der Waals surface area contributed by atoms with Crippen LogP contribution in [-0.2, 0) is 21.4 Å². The Morgan fingerprint density at radius 1 is 1.12 bits per heavy atom. The number of sulfonamides is 1. The summed E-state index contributed by atoms with van der Waals surface area (Å²) in [6, 6.07) is 13.2. The topological polar surface area (TPSA) is 93.5 Å². The number of nitrogens with one attached hydrogen (secondary N) is 1. The van der Waals surface area contributed by atoms with Crippen molar-refractivity contribution in [3.05, 3.63) is 72.8 Å². The van der Waals surface area contributed by atoms with Crippen LogP contribution in [0.3, 0.4) is 0 Å². The van der Waals surface area contributed by atoms with Gasteiger partial charge in [0.05, 0.1) is 23.5 Å². The predicted octanol–water partition coefficient (Wildman–Crippen LogP) is 2.99. The Bertz CT molecular complexity index is 1100. The number of carbonyl (C=O) groups is 1.